The summed E-state index contributed by atoms with van der Waals surface area (Å²) < 4.78 is 17.4. The average molecular weight is 337 g/mol. The van der Waals surface area contributed by atoms with Crippen LogP contribution in [0.25, 0.3) is 0 Å². The molecule has 0 radical (unpaired) electrons. The SMILES string of the molecule is CN=C(NCCCCCCC(=O)OC)NCCc1ccc(F)cc1. The number of unbranched alkanes of at least 4 members (excludes halogenated alkanes) is 3. The second kappa shape index (κ2) is 12.3. The van der Waals surface area contributed by atoms with Crippen LogP contribution >= 0.6 is 0 Å². The molecular formula is C18H28FN3O2. The normalized spacial score (nSPS) is 11.2. The van der Waals surface area contributed by atoms with Gasteiger partial charge in [0.05, 0.1) is 7.11 Å². The molecule has 5 nitrogen and oxygen atoms in total. The minimum atomic E-state index is -0.212. The molecule has 0 aromatic heterocycles. The average Bonchev–Trinajstić information content (AvgIpc) is 2.60. The molecule has 134 valence electrons. The van der Waals surface area contributed by atoms with Gasteiger partial charge in [0.2, 0.25) is 0 Å². The highest BCUT2D eigenvalue weighted by molar-refractivity contribution is 5.79. The number of halogens is 1. The maximum atomic E-state index is 12.8. The Hall–Kier alpha value is -2.11. The van der Waals surface area contributed by atoms with Crippen LogP contribution in [0.3, 0.4) is 0 Å². The summed E-state index contributed by atoms with van der Waals surface area (Å²) in [5, 5.41) is 6.50. The Morgan fingerprint density at radius 1 is 1.08 bits per heavy atom. The van der Waals surface area contributed by atoms with E-state index in [2.05, 4.69) is 20.4 Å². The maximum Gasteiger partial charge on any atom is 0.305 e. The van der Waals surface area contributed by atoms with E-state index >= 15 is 0 Å². The van der Waals surface area contributed by atoms with E-state index in [0.29, 0.717) is 6.42 Å². The molecule has 0 heterocycles. The van der Waals surface area contributed by atoms with Crippen LogP contribution in [0.5, 0.6) is 0 Å². The summed E-state index contributed by atoms with van der Waals surface area (Å²) in [5.41, 5.74) is 1.09. The van der Waals surface area contributed by atoms with Gasteiger partial charge in [-0.1, -0.05) is 25.0 Å². The van der Waals surface area contributed by atoms with Crippen LogP contribution in [0, 0.1) is 5.82 Å². The van der Waals surface area contributed by atoms with Crippen molar-refractivity contribution < 1.29 is 13.9 Å². The molecule has 0 amide bonds. The summed E-state index contributed by atoms with van der Waals surface area (Å²) in [6.45, 7) is 1.58. The Bertz CT molecular complexity index is 503. The lowest BCUT2D eigenvalue weighted by Gasteiger charge is -2.11. The Morgan fingerprint density at radius 3 is 2.42 bits per heavy atom. The lowest BCUT2D eigenvalue weighted by molar-refractivity contribution is -0.140. The molecule has 1 aromatic rings. The van der Waals surface area contributed by atoms with Crippen molar-refractivity contribution in [3.63, 3.8) is 0 Å². The number of hydrogen-bond donors (Lipinski definition) is 2. The van der Waals surface area contributed by atoms with Crippen molar-refractivity contribution in [3.05, 3.63) is 35.6 Å². The lowest BCUT2D eigenvalue weighted by Crippen LogP contribution is -2.38. The van der Waals surface area contributed by atoms with Gasteiger partial charge in [-0.05, 0) is 37.0 Å². The van der Waals surface area contributed by atoms with Crippen LogP contribution in [0.1, 0.15) is 37.7 Å². The Morgan fingerprint density at radius 2 is 1.75 bits per heavy atom. The third-order valence-corrected chi connectivity index (χ3v) is 3.67. The number of ether oxygens (including phenoxy) is 1. The van der Waals surface area contributed by atoms with E-state index in [4.69, 9.17) is 0 Å². The van der Waals surface area contributed by atoms with Crippen LogP contribution in [-0.2, 0) is 16.0 Å². The highest BCUT2D eigenvalue weighted by atomic mass is 19.1. The van der Waals surface area contributed by atoms with Crippen LogP contribution in [0.2, 0.25) is 0 Å². The number of nitrogens with zero attached hydrogens (tertiary/aromatic N) is 1. The second-order valence-corrected chi connectivity index (χ2v) is 5.54. The second-order valence-electron chi connectivity index (χ2n) is 5.54. The van der Waals surface area contributed by atoms with Crippen LogP contribution in [-0.4, -0.2) is 39.2 Å². The van der Waals surface area contributed by atoms with Gasteiger partial charge in [0.1, 0.15) is 5.82 Å². The number of carbonyl (C=O) groups excluding carboxylic acids is 1. The number of esters is 1. The largest absolute Gasteiger partial charge is 0.469 e. The van der Waals surface area contributed by atoms with Gasteiger partial charge in [-0.2, -0.15) is 0 Å². The predicted molar refractivity (Wildman–Crippen MR) is 94.6 cm³/mol. The fraction of sp³-hybridized carbons (Fsp3) is 0.556. The maximum absolute atomic E-state index is 12.8. The summed E-state index contributed by atoms with van der Waals surface area (Å²) >= 11 is 0. The number of guanidine groups is 1. The summed E-state index contributed by atoms with van der Waals surface area (Å²) in [6.07, 6.45) is 5.30. The Labute approximate surface area is 143 Å². The third-order valence-electron chi connectivity index (χ3n) is 3.67. The van der Waals surface area contributed by atoms with E-state index < -0.39 is 0 Å². The first-order valence-electron chi connectivity index (χ1n) is 8.41. The molecule has 0 saturated carbocycles. The smallest absolute Gasteiger partial charge is 0.305 e. The molecule has 0 saturated heterocycles. The van der Waals surface area contributed by atoms with E-state index in [9.17, 15) is 9.18 Å². The van der Waals surface area contributed by atoms with Crippen molar-refractivity contribution in [2.75, 3.05) is 27.2 Å². The zero-order valence-corrected chi connectivity index (χ0v) is 14.6. The molecule has 0 atom stereocenters. The number of methoxy groups -OCH3 is 1. The fourth-order valence-corrected chi connectivity index (χ4v) is 2.25. The molecule has 0 aliphatic carbocycles. The van der Waals surface area contributed by atoms with Gasteiger partial charge >= 0.3 is 5.97 Å². The molecule has 6 heteroatoms. The van der Waals surface area contributed by atoms with Gasteiger partial charge in [-0.3, -0.25) is 9.79 Å². The van der Waals surface area contributed by atoms with E-state index in [1.54, 1.807) is 19.2 Å². The van der Waals surface area contributed by atoms with Gasteiger partial charge in [0, 0.05) is 26.6 Å². The summed E-state index contributed by atoms with van der Waals surface area (Å²) in [5.74, 6) is 0.418. The Kier molecular flexibility index (Phi) is 10.2. The standard InChI is InChI=1S/C18H28FN3O2/c1-20-18(21-13-6-4-3-5-7-17(23)24-2)22-14-12-15-8-10-16(19)11-9-15/h8-11H,3-7,12-14H2,1-2H3,(H2,20,21,22). The first kappa shape index (κ1) is 19.9. The minimum Gasteiger partial charge on any atom is -0.469 e. The zero-order valence-electron chi connectivity index (χ0n) is 14.6. The number of aliphatic imine (C=N–C) groups is 1. The summed E-state index contributed by atoms with van der Waals surface area (Å²) in [4.78, 5) is 15.1. The highest BCUT2D eigenvalue weighted by Crippen LogP contribution is 2.04. The quantitative estimate of drug-likeness (QED) is 0.298. The molecule has 0 fully saturated rings. The van der Waals surface area contributed by atoms with Crippen molar-refractivity contribution in [2.45, 2.75) is 38.5 Å². The molecule has 0 aliphatic heterocycles. The van der Waals surface area contributed by atoms with E-state index in [1.165, 1.54) is 19.2 Å². The molecule has 0 bridgehead atoms. The molecule has 0 unspecified atom stereocenters. The first-order chi connectivity index (χ1) is 11.7. The predicted octanol–water partition coefficient (Wildman–Crippen LogP) is 2.66. The zero-order chi connectivity index (χ0) is 17.6. The number of benzene rings is 1. The number of nitrogens with one attached hydrogen (secondary N) is 2. The third kappa shape index (κ3) is 9.12. The van der Waals surface area contributed by atoms with Crippen LogP contribution in [0.4, 0.5) is 4.39 Å². The number of carbonyl (C=O) groups is 1. The van der Waals surface area contributed by atoms with Gasteiger partial charge in [0.25, 0.3) is 0 Å². The number of hydrogen-bond acceptors (Lipinski definition) is 3. The van der Waals surface area contributed by atoms with Crippen molar-refractivity contribution in [3.8, 4) is 0 Å². The Balaban J connectivity index is 2.06. The molecule has 1 rings (SSSR count). The lowest BCUT2D eigenvalue weighted by atomic mass is 10.1. The molecule has 24 heavy (non-hydrogen) atoms. The van der Waals surface area contributed by atoms with Crippen molar-refractivity contribution in [2.24, 2.45) is 4.99 Å². The van der Waals surface area contributed by atoms with Crippen LogP contribution < -0.4 is 10.6 Å². The molecular weight excluding hydrogens is 309 g/mol. The summed E-state index contributed by atoms with van der Waals surface area (Å²) in [6, 6.07) is 6.54. The highest BCUT2D eigenvalue weighted by Gasteiger charge is 2.00. The summed E-state index contributed by atoms with van der Waals surface area (Å²) in [7, 11) is 3.16. The molecule has 1 aromatic carbocycles. The van der Waals surface area contributed by atoms with Gasteiger partial charge < -0.3 is 15.4 Å². The fourth-order valence-electron chi connectivity index (χ4n) is 2.25. The van der Waals surface area contributed by atoms with E-state index in [0.717, 1.165) is 56.7 Å². The molecule has 0 aliphatic rings. The van der Waals surface area contributed by atoms with Crippen LogP contribution in [0.15, 0.2) is 29.3 Å². The van der Waals surface area contributed by atoms with E-state index in [1.807, 2.05) is 0 Å². The molecule has 0 spiro atoms. The van der Waals surface area contributed by atoms with Crippen molar-refractivity contribution >= 4 is 11.9 Å². The van der Waals surface area contributed by atoms with Gasteiger partial charge in [0.15, 0.2) is 5.96 Å². The van der Waals surface area contributed by atoms with E-state index in [-0.39, 0.29) is 11.8 Å². The minimum absolute atomic E-state index is 0.140. The van der Waals surface area contributed by atoms with Crippen molar-refractivity contribution in [1.29, 1.82) is 0 Å². The monoisotopic (exact) mass is 337 g/mol. The van der Waals surface area contributed by atoms with Gasteiger partial charge in [-0.15, -0.1) is 0 Å². The first-order valence-corrected chi connectivity index (χ1v) is 8.41. The topological polar surface area (TPSA) is 62.7 Å². The number of rotatable bonds is 10. The molecule has 2 N–H and O–H groups in total. The van der Waals surface area contributed by atoms with Gasteiger partial charge in [-0.25, -0.2) is 4.39 Å². The van der Waals surface area contributed by atoms with Crippen molar-refractivity contribution in [1.82, 2.24) is 10.6 Å².